The van der Waals surface area contributed by atoms with Crippen molar-refractivity contribution in [3.8, 4) is 11.5 Å². The number of hydrogen-bond acceptors (Lipinski definition) is 6. The minimum Gasteiger partial charge on any atom is -0.423 e. The van der Waals surface area contributed by atoms with Crippen LogP contribution in [0.4, 0.5) is 23.7 Å². The van der Waals surface area contributed by atoms with Crippen molar-refractivity contribution >= 4 is 39.2 Å². The number of carbonyl (C=O) groups excluding carboxylic acids is 2. The Kier molecular flexibility index (Phi) is 7.66. The lowest BCUT2D eigenvalue weighted by Gasteiger charge is -2.25. The van der Waals surface area contributed by atoms with Crippen molar-refractivity contribution in [3.05, 3.63) is 82.9 Å². The predicted octanol–water partition coefficient (Wildman–Crippen LogP) is 4.29. The quantitative estimate of drug-likeness (QED) is 0.429. The largest absolute Gasteiger partial charge is 0.423 e. The van der Waals surface area contributed by atoms with E-state index in [-0.39, 0.29) is 32.7 Å². The molecule has 0 aliphatic carbocycles. The number of rotatable bonds is 7. The standard InChI is InChI=1S/C25H21ClF3N3O6S/c1-25(29)37-20-8-7-17(13-21(20)38-25)32(2)23(33)19(11-14-9-15(27)12-16(28)10-14)30-24(34)31-39(35,36)22-6-4-3-5-18(22)26/h3-10,12-13,19H,11H2,1-2H3,(H2,30,31,34)/t19-,25?/m0/s1. The van der Waals surface area contributed by atoms with Crippen molar-refractivity contribution < 1.29 is 40.7 Å². The fraction of sp³-hybridized carbons (Fsp3) is 0.200. The number of alkyl halides is 1. The van der Waals surface area contributed by atoms with Crippen LogP contribution < -0.4 is 24.4 Å². The van der Waals surface area contributed by atoms with Gasteiger partial charge < -0.3 is 19.7 Å². The number of halogens is 4. The van der Waals surface area contributed by atoms with Gasteiger partial charge in [-0.15, -0.1) is 0 Å². The first-order valence-electron chi connectivity index (χ1n) is 11.3. The van der Waals surface area contributed by atoms with Crippen LogP contribution in [-0.2, 0) is 21.2 Å². The number of carbonyl (C=O) groups is 2. The zero-order valence-electron chi connectivity index (χ0n) is 20.4. The summed E-state index contributed by atoms with van der Waals surface area (Å²) in [5.41, 5.74) is 0.203. The number of amides is 3. The molecule has 3 aromatic rings. The first-order chi connectivity index (χ1) is 18.2. The first kappa shape index (κ1) is 28.0. The monoisotopic (exact) mass is 583 g/mol. The second kappa shape index (κ2) is 10.7. The van der Waals surface area contributed by atoms with Gasteiger partial charge in [0, 0.05) is 38.2 Å². The lowest BCUT2D eigenvalue weighted by molar-refractivity contribution is -0.173. The Morgan fingerprint density at radius 3 is 2.33 bits per heavy atom. The molecule has 0 aromatic heterocycles. The molecule has 39 heavy (non-hydrogen) atoms. The zero-order chi connectivity index (χ0) is 28.5. The van der Waals surface area contributed by atoms with Crippen LogP contribution in [0.5, 0.6) is 11.5 Å². The number of nitrogens with zero attached hydrogens (tertiary/aromatic N) is 1. The molecule has 0 fully saturated rings. The molecule has 0 saturated carbocycles. The third kappa shape index (κ3) is 6.55. The number of urea groups is 1. The molecule has 14 heteroatoms. The zero-order valence-corrected chi connectivity index (χ0v) is 21.9. The van der Waals surface area contributed by atoms with Gasteiger partial charge in [0.2, 0.25) is 5.91 Å². The fourth-order valence-electron chi connectivity index (χ4n) is 3.84. The molecule has 1 heterocycles. The van der Waals surface area contributed by atoms with Gasteiger partial charge in [-0.1, -0.05) is 23.7 Å². The highest BCUT2D eigenvalue weighted by molar-refractivity contribution is 7.90. The van der Waals surface area contributed by atoms with Gasteiger partial charge >= 0.3 is 12.1 Å². The first-order valence-corrected chi connectivity index (χ1v) is 13.1. The molecular weight excluding hydrogens is 563 g/mol. The molecule has 2 N–H and O–H groups in total. The molecule has 206 valence electrons. The van der Waals surface area contributed by atoms with E-state index >= 15 is 0 Å². The minimum absolute atomic E-state index is 0.00685. The highest BCUT2D eigenvalue weighted by Gasteiger charge is 2.37. The maximum Gasteiger partial charge on any atom is 0.404 e. The Bertz CT molecular complexity index is 1530. The maximum absolute atomic E-state index is 14.1. The predicted molar refractivity (Wildman–Crippen MR) is 135 cm³/mol. The summed E-state index contributed by atoms with van der Waals surface area (Å²) in [5, 5.41) is 2.10. The topological polar surface area (TPSA) is 114 Å². The minimum atomic E-state index is -4.44. The van der Waals surface area contributed by atoms with Crippen molar-refractivity contribution in [2.24, 2.45) is 0 Å². The van der Waals surface area contributed by atoms with Crippen molar-refractivity contribution in [3.63, 3.8) is 0 Å². The SMILES string of the molecule is CN(C(=O)[C@H](Cc1cc(F)cc(F)c1)NC(=O)NS(=O)(=O)c1ccccc1Cl)c1ccc2c(c1)OC(C)(F)O2. The molecule has 3 amide bonds. The van der Waals surface area contributed by atoms with E-state index in [1.807, 2.05) is 0 Å². The van der Waals surface area contributed by atoms with E-state index in [0.29, 0.717) is 6.07 Å². The van der Waals surface area contributed by atoms with Crippen molar-refractivity contribution in [1.29, 1.82) is 0 Å². The number of nitrogens with one attached hydrogen (secondary N) is 2. The number of benzene rings is 3. The summed E-state index contributed by atoms with van der Waals surface area (Å²) >= 11 is 5.93. The van der Waals surface area contributed by atoms with Gasteiger partial charge in [-0.3, -0.25) is 4.79 Å². The lowest BCUT2D eigenvalue weighted by Crippen LogP contribution is -2.52. The van der Waals surface area contributed by atoms with Gasteiger partial charge in [-0.05, 0) is 42.0 Å². The molecule has 9 nitrogen and oxygen atoms in total. The molecule has 3 aromatic carbocycles. The second-order valence-electron chi connectivity index (χ2n) is 8.61. The summed E-state index contributed by atoms with van der Waals surface area (Å²) in [6.07, 6.45) is -0.412. The third-order valence-corrected chi connectivity index (χ3v) is 7.38. The number of ether oxygens (including phenoxy) is 2. The molecule has 0 radical (unpaired) electrons. The van der Waals surface area contributed by atoms with Crippen LogP contribution >= 0.6 is 11.6 Å². The fourth-order valence-corrected chi connectivity index (χ4v) is 5.27. The smallest absolute Gasteiger partial charge is 0.404 e. The maximum atomic E-state index is 14.1. The van der Waals surface area contributed by atoms with E-state index in [0.717, 1.165) is 24.0 Å². The van der Waals surface area contributed by atoms with Crippen LogP contribution in [0.25, 0.3) is 0 Å². The van der Waals surface area contributed by atoms with Crippen molar-refractivity contribution in [2.75, 3.05) is 11.9 Å². The average Bonchev–Trinajstić information content (AvgIpc) is 3.14. The Labute approximate surface area is 226 Å². The summed E-state index contributed by atoms with van der Waals surface area (Å²) in [5.74, 6) is -2.52. The van der Waals surface area contributed by atoms with Gasteiger partial charge in [-0.2, -0.15) is 4.39 Å². The van der Waals surface area contributed by atoms with Crippen molar-refractivity contribution in [1.82, 2.24) is 10.0 Å². The number of sulfonamides is 1. The Hall–Kier alpha value is -3.97. The number of fused-ring (bicyclic) bond motifs is 1. The summed E-state index contributed by atoms with van der Waals surface area (Å²) < 4.78 is 78.9. The van der Waals surface area contributed by atoms with E-state index in [2.05, 4.69) is 5.32 Å². The highest BCUT2D eigenvalue weighted by Crippen LogP contribution is 2.42. The highest BCUT2D eigenvalue weighted by atomic mass is 35.5. The Morgan fingerprint density at radius 2 is 1.67 bits per heavy atom. The van der Waals surface area contributed by atoms with Gasteiger partial charge in [0.05, 0.1) is 5.02 Å². The van der Waals surface area contributed by atoms with E-state index in [4.69, 9.17) is 21.1 Å². The molecule has 1 aliphatic heterocycles. The van der Waals surface area contributed by atoms with E-state index in [1.54, 1.807) is 4.72 Å². The Morgan fingerprint density at radius 1 is 1.03 bits per heavy atom. The van der Waals surface area contributed by atoms with Crippen LogP contribution in [-0.4, -0.2) is 39.5 Å². The van der Waals surface area contributed by atoms with Crippen LogP contribution in [0, 0.1) is 11.6 Å². The lowest BCUT2D eigenvalue weighted by atomic mass is 10.0. The van der Waals surface area contributed by atoms with E-state index in [9.17, 15) is 31.2 Å². The van der Waals surface area contributed by atoms with Gasteiger partial charge in [0.1, 0.15) is 22.6 Å². The van der Waals surface area contributed by atoms with Gasteiger partial charge in [0.15, 0.2) is 11.5 Å². The second-order valence-corrected chi connectivity index (χ2v) is 10.7. The summed E-state index contributed by atoms with van der Waals surface area (Å²) in [4.78, 5) is 26.9. The number of likely N-dealkylation sites (N-methyl/N-ethyl adjacent to an activating group) is 1. The van der Waals surface area contributed by atoms with Crippen LogP contribution in [0.2, 0.25) is 5.02 Å². The van der Waals surface area contributed by atoms with Crippen LogP contribution in [0.1, 0.15) is 12.5 Å². The molecule has 2 atom stereocenters. The van der Waals surface area contributed by atoms with Gasteiger partial charge in [-0.25, -0.2) is 26.7 Å². The van der Waals surface area contributed by atoms with E-state index < -0.39 is 52.1 Å². The molecular formula is C25H21ClF3N3O6S. The number of anilines is 1. The summed E-state index contributed by atoms with van der Waals surface area (Å²) in [7, 11) is -3.12. The van der Waals surface area contributed by atoms with E-state index in [1.165, 1.54) is 49.5 Å². The molecule has 4 rings (SSSR count). The van der Waals surface area contributed by atoms with Crippen LogP contribution in [0.15, 0.2) is 65.6 Å². The molecule has 1 unspecified atom stereocenters. The molecule has 0 bridgehead atoms. The molecule has 0 saturated heterocycles. The van der Waals surface area contributed by atoms with Crippen LogP contribution in [0.3, 0.4) is 0 Å². The Balaban J connectivity index is 1.59. The normalized spacial score (nSPS) is 16.9. The van der Waals surface area contributed by atoms with Crippen molar-refractivity contribution in [2.45, 2.75) is 30.3 Å². The third-order valence-electron chi connectivity index (χ3n) is 5.55. The summed E-state index contributed by atoms with van der Waals surface area (Å²) in [6.45, 7) is 1.05. The summed E-state index contributed by atoms with van der Waals surface area (Å²) in [6, 6.07) is 6.84. The van der Waals surface area contributed by atoms with Gasteiger partial charge in [0.25, 0.3) is 10.0 Å². The molecule has 0 spiro atoms. The number of hydrogen-bond donors (Lipinski definition) is 2. The average molecular weight is 584 g/mol. The molecule has 1 aliphatic rings.